The van der Waals surface area contributed by atoms with Gasteiger partial charge in [0.25, 0.3) is 0 Å². The first-order valence-corrected chi connectivity index (χ1v) is 7.17. The quantitative estimate of drug-likeness (QED) is 0.534. The summed E-state index contributed by atoms with van der Waals surface area (Å²) < 4.78 is 2.16. The summed E-state index contributed by atoms with van der Waals surface area (Å²) in [6.45, 7) is 0. The van der Waals surface area contributed by atoms with Gasteiger partial charge in [-0.15, -0.1) is 0 Å². The molecular weight excluding hydrogens is 158 g/mol. The minimum Gasteiger partial charge on any atom is -0.185 e. The van der Waals surface area contributed by atoms with Crippen molar-refractivity contribution in [3.8, 4) is 0 Å². The van der Waals surface area contributed by atoms with E-state index in [2.05, 4.69) is 41.0 Å². The van der Waals surface area contributed by atoms with E-state index < -0.39 is 0 Å². The van der Waals surface area contributed by atoms with Crippen molar-refractivity contribution in [2.75, 3.05) is 25.0 Å². The third kappa shape index (κ3) is 3.12. The van der Waals surface area contributed by atoms with Crippen molar-refractivity contribution in [3.63, 3.8) is 0 Å². The zero-order chi connectivity index (χ0) is 6.73. The summed E-state index contributed by atoms with van der Waals surface area (Å²) in [6.07, 6.45) is 8.85. The number of thiol groups is 3. The minimum absolute atomic E-state index is 0.0252. The van der Waals surface area contributed by atoms with E-state index in [0.29, 0.717) is 0 Å². The lowest BCUT2D eigenvalue weighted by Gasteiger charge is -2.28. The van der Waals surface area contributed by atoms with Crippen LogP contribution in [0.4, 0.5) is 0 Å². The molecule has 0 aromatic carbocycles. The van der Waals surface area contributed by atoms with Crippen LogP contribution in [0.25, 0.3) is 0 Å². The second-order valence-electron chi connectivity index (χ2n) is 1.96. The summed E-state index contributed by atoms with van der Waals surface area (Å²) in [5.74, 6) is 0. The molecule has 0 aromatic heterocycles. The van der Waals surface area contributed by atoms with Crippen LogP contribution in [0.1, 0.15) is 0 Å². The van der Waals surface area contributed by atoms with Crippen LogP contribution in [0.15, 0.2) is 0 Å². The van der Waals surface area contributed by atoms with E-state index >= 15 is 0 Å². The minimum atomic E-state index is 0.0252. The first-order chi connectivity index (χ1) is 3.55. The Morgan fingerprint density at radius 3 is 1.25 bits per heavy atom. The maximum atomic E-state index is 4.31. The Morgan fingerprint density at radius 1 is 1.00 bits per heavy atom. The Labute approximate surface area is 63.3 Å². The molecule has 0 amide bonds. The SMILES string of the molecule is C[SH](C)N(S)[SH](C)C. The van der Waals surface area contributed by atoms with Gasteiger partial charge < -0.3 is 0 Å². The van der Waals surface area contributed by atoms with E-state index in [0.717, 1.165) is 0 Å². The molecule has 0 aliphatic rings. The summed E-state index contributed by atoms with van der Waals surface area (Å²) in [6, 6.07) is 0. The molecule has 54 valence electrons. The summed E-state index contributed by atoms with van der Waals surface area (Å²) >= 11 is 4.36. The molecule has 0 saturated carbocycles. The molecule has 0 bridgehead atoms. The van der Waals surface area contributed by atoms with Gasteiger partial charge in [-0.1, -0.05) is 12.8 Å². The van der Waals surface area contributed by atoms with Crippen LogP contribution >= 0.6 is 35.0 Å². The standard InChI is InChI=1S/C4H15NS3/c1-7(2)5(6)8(3)4/h6-8H,1-4H3. The van der Waals surface area contributed by atoms with E-state index in [1.807, 2.05) is 0 Å². The lowest BCUT2D eigenvalue weighted by molar-refractivity contribution is 1.28. The van der Waals surface area contributed by atoms with Crippen molar-refractivity contribution in [2.24, 2.45) is 0 Å². The topological polar surface area (TPSA) is 3.24 Å². The van der Waals surface area contributed by atoms with Crippen LogP contribution < -0.4 is 0 Å². The van der Waals surface area contributed by atoms with Crippen LogP contribution in [-0.4, -0.2) is 28.1 Å². The van der Waals surface area contributed by atoms with Gasteiger partial charge in [0.05, 0.1) is 0 Å². The average molecular weight is 173 g/mol. The van der Waals surface area contributed by atoms with Gasteiger partial charge >= 0.3 is 0 Å². The van der Waals surface area contributed by atoms with Crippen molar-refractivity contribution in [3.05, 3.63) is 0 Å². The molecule has 0 rings (SSSR count). The van der Waals surface area contributed by atoms with Crippen LogP contribution in [0.3, 0.4) is 0 Å². The molecule has 0 atom stereocenters. The van der Waals surface area contributed by atoms with Gasteiger partial charge in [0, 0.05) is 0 Å². The molecule has 0 unspecified atom stereocenters. The molecule has 0 N–H and O–H groups in total. The first kappa shape index (κ1) is 9.01. The highest BCUT2D eigenvalue weighted by molar-refractivity contribution is 8.34. The smallest absolute Gasteiger partial charge is 0.0236 e. The van der Waals surface area contributed by atoms with Gasteiger partial charge in [-0.05, 0) is 25.0 Å². The molecule has 1 nitrogen and oxygen atoms in total. The Morgan fingerprint density at radius 2 is 1.25 bits per heavy atom. The molecule has 0 spiro atoms. The fraction of sp³-hybridized carbons (Fsp3) is 1.00. The number of hydrogen-bond acceptors (Lipinski definition) is 2. The third-order valence-electron chi connectivity index (χ3n) is 0.716. The molecule has 8 heavy (non-hydrogen) atoms. The van der Waals surface area contributed by atoms with Crippen molar-refractivity contribution < 1.29 is 0 Å². The van der Waals surface area contributed by atoms with Gasteiger partial charge in [0.1, 0.15) is 0 Å². The zero-order valence-corrected chi connectivity index (χ0v) is 8.47. The van der Waals surface area contributed by atoms with Gasteiger partial charge in [0.2, 0.25) is 0 Å². The molecular formula is C4H15NS3. The molecule has 0 aliphatic carbocycles. The van der Waals surface area contributed by atoms with E-state index in [1.165, 1.54) is 0 Å². The molecule has 0 fully saturated rings. The Hall–Kier alpha value is 1.01. The van der Waals surface area contributed by atoms with Gasteiger partial charge in [-0.2, -0.15) is 25.3 Å². The highest BCUT2D eigenvalue weighted by Gasteiger charge is 1.99. The molecule has 0 aliphatic heterocycles. The van der Waals surface area contributed by atoms with Crippen molar-refractivity contribution in [2.45, 2.75) is 0 Å². The van der Waals surface area contributed by atoms with Crippen molar-refractivity contribution >= 4 is 35.0 Å². The Balaban J connectivity index is 3.46. The zero-order valence-electron chi connectivity index (χ0n) is 5.79. The lowest BCUT2D eigenvalue weighted by Crippen LogP contribution is -2.00. The average Bonchev–Trinajstić information content (AvgIpc) is 1.64. The monoisotopic (exact) mass is 173 g/mol. The highest BCUT2D eigenvalue weighted by Crippen LogP contribution is 2.38. The number of nitrogens with zero attached hydrogens (tertiary/aromatic N) is 1. The Kier molecular flexibility index (Phi) is 4.42. The summed E-state index contributed by atoms with van der Waals surface area (Å²) in [4.78, 5) is 0. The third-order valence-corrected chi connectivity index (χ3v) is 6.44. The molecule has 0 radical (unpaired) electrons. The van der Waals surface area contributed by atoms with E-state index in [1.54, 1.807) is 0 Å². The summed E-state index contributed by atoms with van der Waals surface area (Å²) in [7, 11) is 0. The lowest BCUT2D eigenvalue weighted by atomic mass is 11.9. The molecule has 0 aromatic rings. The molecule has 4 heteroatoms. The van der Waals surface area contributed by atoms with E-state index in [9.17, 15) is 0 Å². The number of rotatable bonds is 2. The highest BCUT2D eigenvalue weighted by atomic mass is 32.3. The fourth-order valence-electron chi connectivity index (χ4n) is 0.358. The van der Waals surface area contributed by atoms with Crippen LogP contribution in [0.5, 0.6) is 0 Å². The van der Waals surface area contributed by atoms with Gasteiger partial charge in [0.15, 0.2) is 0 Å². The van der Waals surface area contributed by atoms with E-state index in [-0.39, 0.29) is 22.2 Å². The fourth-order valence-corrected chi connectivity index (χ4v) is 3.22. The first-order valence-electron chi connectivity index (χ1n) is 2.39. The second kappa shape index (κ2) is 3.93. The normalized spacial score (nSPS) is 14.2. The maximum absolute atomic E-state index is 4.31. The van der Waals surface area contributed by atoms with Crippen molar-refractivity contribution in [1.29, 1.82) is 0 Å². The molecule has 0 saturated heterocycles. The van der Waals surface area contributed by atoms with Gasteiger partial charge in [-0.25, -0.2) is 0 Å². The summed E-state index contributed by atoms with van der Waals surface area (Å²) in [5.41, 5.74) is 0. The van der Waals surface area contributed by atoms with Crippen LogP contribution in [-0.2, 0) is 0 Å². The maximum Gasteiger partial charge on any atom is -0.0236 e. The number of hydrogen-bond donors (Lipinski definition) is 3. The predicted octanol–water partition coefficient (Wildman–Crippen LogP) is 1.48. The van der Waals surface area contributed by atoms with E-state index in [4.69, 9.17) is 0 Å². The predicted molar refractivity (Wildman–Crippen MR) is 52.5 cm³/mol. The second-order valence-corrected chi connectivity index (χ2v) is 7.50. The van der Waals surface area contributed by atoms with Crippen LogP contribution in [0, 0.1) is 0 Å². The summed E-state index contributed by atoms with van der Waals surface area (Å²) in [5, 5.41) is 0. The van der Waals surface area contributed by atoms with Crippen molar-refractivity contribution in [1.82, 2.24) is 3.12 Å². The van der Waals surface area contributed by atoms with Gasteiger partial charge in [-0.3, -0.25) is 0 Å². The van der Waals surface area contributed by atoms with Crippen LogP contribution in [0.2, 0.25) is 0 Å². The Bertz CT molecular complexity index is 56.3. The largest absolute Gasteiger partial charge is 0.185 e. The molecule has 0 heterocycles.